The number of rotatable bonds is 7. The second-order valence-corrected chi connectivity index (χ2v) is 6.40. The Balaban J connectivity index is 2.22. The fraction of sp³-hybridized carbons (Fsp3) is 0.174. The van der Waals surface area contributed by atoms with Crippen molar-refractivity contribution in [1.82, 2.24) is 0 Å². The van der Waals surface area contributed by atoms with E-state index in [2.05, 4.69) is 91.0 Å². The number of benzene rings is 3. The van der Waals surface area contributed by atoms with Gasteiger partial charge >= 0.3 is 0 Å². The first-order valence-electron chi connectivity index (χ1n) is 8.48. The second-order valence-electron chi connectivity index (χ2n) is 6.06. The summed E-state index contributed by atoms with van der Waals surface area (Å²) < 4.78 is 0. The van der Waals surface area contributed by atoms with Crippen LogP contribution in [0.2, 0.25) is 0 Å². The third kappa shape index (κ3) is 3.32. The van der Waals surface area contributed by atoms with Crippen LogP contribution in [0, 0.1) is 0 Å². The van der Waals surface area contributed by atoms with Gasteiger partial charge in [-0.25, -0.2) is 0 Å². The molecule has 120 valence electrons. The van der Waals surface area contributed by atoms with Gasteiger partial charge in [-0.05, 0) is 41.3 Å². The molecule has 3 aromatic carbocycles. The number of thiocarbonyl (C=S) groups is 1. The molecule has 0 fully saturated rings. The standard InChI is InChI=1S/C23H22S/c24-19-11-10-18-23(20-12-4-1-5-13-20,21-14-6-2-7-15-21)22-16-8-3-9-17-22/h1-9,12-17,19H,10-11,18H2. The highest BCUT2D eigenvalue weighted by molar-refractivity contribution is 7.78. The van der Waals surface area contributed by atoms with Gasteiger partial charge in [0, 0.05) is 5.41 Å². The van der Waals surface area contributed by atoms with E-state index in [1.54, 1.807) is 0 Å². The third-order valence-electron chi connectivity index (χ3n) is 4.67. The molecular formula is C23H22S. The molecule has 0 bridgehead atoms. The Labute approximate surface area is 150 Å². The third-order valence-corrected chi connectivity index (χ3v) is 4.91. The molecule has 0 saturated heterocycles. The van der Waals surface area contributed by atoms with Crippen LogP contribution >= 0.6 is 12.2 Å². The zero-order valence-corrected chi connectivity index (χ0v) is 14.6. The summed E-state index contributed by atoms with van der Waals surface area (Å²) in [6.45, 7) is 0. The summed E-state index contributed by atoms with van der Waals surface area (Å²) in [5.74, 6) is 0. The van der Waals surface area contributed by atoms with E-state index in [0.29, 0.717) is 0 Å². The molecule has 1 heteroatoms. The Bertz CT molecular complexity index is 651. The molecule has 0 atom stereocenters. The van der Waals surface area contributed by atoms with Gasteiger partial charge in [-0.2, -0.15) is 0 Å². The van der Waals surface area contributed by atoms with Crippen molar-refractivity contribution in [3.05, 3.63) is 108 Å². The summed E-state index contributed by atoms with van der Waals surface area (Å²) in [5.41, 5.74) is 3.88. The summed E-state index contributed by atoms with van der Waals surface area (Å²) in [7, 11) is 0. The zero-order valence-electron chi connectivity index (χ0n) is 13.8. The average Bonchev–Trinajstić information content (AvgIpc) is 2.68. The van der Waals surface area contributed by atoms with Crippen molar-refractivity contribution in [3.63, 3.8) is 0 Å². The molecule has 0 radical (unpaired) electrons. The lowest BCUT2D eigenvalue weighted by Gasteiger charge is -2.36. The molecule has 0 aliphatic rings. The minimum atomic E-state index is -0.137. The normalized spacial score (nSPS) is 11.2. The number of unbranched alkanes of at least 4 members (excludes halogenated alkanes) is 1. The SMILES string of the molecule is S=CCCCC(c1ccccc1)(c1ccccc1)c1ccccc1. The minimum Gasteiger partial charge on any atom is -0.0935 e. The van der Waals surface area contributed by atoms with Crippen LogP contribution in [0.5, 0.6) is 0 Å². The molecular weight excluding hydrogens is 308 g/mol. The van der Waals surface area contributed by atoms with Crippen molar-refractivity contribution in [1.29, 1.82) is 0 Å². The Kier molecular flexibility index (Phi) is 5.55. The van der Waals surface area contributed by atoms with Gasteiger partial charge in [0.2, 0.25) is 0 Å². The lowest BCUT2D eigenvalue weighted by Crippen LogP contribution is -2.29. The van der Waals surface area contributed by atoms with E-state index in [4.69, 9.17) is 12.2 Å². The Hall–Kier alpha value is -2.25. The van der Waals surface area contributed by atoms with Crippen molar-refractivity contribution in [2.75, 3.05) is 0 Å². The molecule has 0 aromatic heterocycles. The van der Waals surface area contributed by atoms with Gasteiger partial charge in [-0.3, -0.25) is 0 Å². The lowest BCUT2D eigenvalue weighted by molar-refractivity contribution is 0.542. The van der Waals surface area contributed by atoms with Gasteiger partial charge < -0.3 is 0 Å². The maximum Gasteiger partial charge on any atom is 0.0451 e. The van der Waals surface area contributed by atoms with Crippen LogP contribution in [0.3, 0.4) is 0 Å². The fourth-order valence-electron chi connectivity index (χ4n) is 3.55. The van der Waals surface area contributed by atoms with Gasteiger partial charge in [0.05, 0.1) is 0 Å². The predicted octanol–water partition coefficient (Wildman–Crippen LogP) is 6.19. The molecule has 0 N–H and O–H groups in total. The van der Waals surface area contributed by atoms with Gasteiger partial charge in [-0.15, -0.1) is 0 Å². The van der Waals surface area contributed by atoms with Crippen LogP contribution in [0.1, 0.15) is 36.0 Å². The van der Waals surface area contributed by atoms with Gasteiger partial charge in [0.1, 0.15) is 0 Å². The van der Waals surface area contributed by atoms with E-state index in [-0.39, 0.29) is 5.41 Å². The van der Waals surface area contributed by atoms with Crippen LogP contribution in [-0.2, 0) is 5.41 Å². The van der Waals surface area contributed by atoms with Gasteiger partial charge in [0.15, 0.2) is 0 Å². The minimum absolute atomic E-state index is 0.137. The Morgan fingerprint density at radius 3 is 1.33 bits per heavy atom. The number of hydrogen-bond acceptors (Lipinski definition) is 1. The van der Waals surface area contributed by atoms with Crippen molar-refractivity contribution < 1.29 is 0 Å². The van der Waals surface area contributed by atoms with Gasteiger partial charge in [-0.1, -0.05) is 103 Å². The monoisotopic (exact) mass is 330 g/mol. The van der Waals surface area contributed by atoms with Crippen LogP contribution in [0.25, 0.3) is 0 Å². The molecule has 0 nitrogen and oxygen atoms in total. The zero-order chi connectivity index (χ0) is 16.7. The molecule has 0 aliphatic carbocycles. The molecule has 3 rings (SSSR count). The Morgan fingerprint density at radius 2 is 1.00 bits per heavy atom. The summed E-state index contributed by atoms with van der Waals surface area (Å²) in [4.78, 5) is 0. The largest absolute Gasteiger partial charge is 0.0935 e. The predicted molar refractivity (Wildman–Crippen MR) is 107 cm³/mol. The maximum atomic E-state index is 5.07. The van der Waals surface area contributed by atoms with Crippen LogP contribution in [0.15, 0.2) is 91.0 Å². The van der Waals surface area contributed by atoms with Crippen molar-refractivity contribution >= 4 is 17.6 Å². The highest BCUT2D eigenvalue weighted by Gasteiger charge is 2.35. The molecule has 3 aromatic rings. The molecule has 0 aliphatic heterocycles. The smallest absolute Gasteiger partial charge is 0.0451 e. The van der Waals surface area contributed by atoms with Crippen molar-refractivity contribution in [3.8, 4) is 0 Å². The quantitative estimate of drug-likeness (QED) is 0.283. The van der Waals surface area contributed by atoms with E-state index >= 15 is 0 Å². The molecule has 0 spiro atoms. The summed E-state index contributed by atoms with van der Waals surface area (Å²) >= 11 is 5.07. The molecule has 0 unspecified atom stereocenters. The lowest BCUT2D eigenvalue weighted by atomic mass is 9.66. The average molecular weight is 330 g/mol. The first-order valence-corrected chi connectivity index (χ1v) is 8.95. The first-order chi connectivity index (χ1) is 11.9. The van der Waals surface area contributed by atoms with E-state index in [1.807, 2.05) is 5.37 Å². The molecule has 0 heterocycles. The van der Waals surface area contributed by atoms with Crippen LogP contribution < -0.4 is 0 Å². The molecule has 24 heavy (non-hydrogen) atoms. The van der Waals surface area contributed by atoms with Crippen LogP contribution in [-0.4, -0.2) is 5.37 Å². The van der Waals surface area contributed by atoms with Gasteiger partial charge in [0.25, 0.3) is 0 Å². The maximum absolute atomic E-state index is 5.07. The van der Waals surface area contributed by atoms with E-state index in [9.17, 15) is 0 Å². The molecule has 0 amide bonds. The van der Waals surface area contributed by atoms with Crippen molar-refractivity contribution in [2.24, 2.45) is 0 Å². The second kappa shape index (κ2) is 8.03. The highest BCUT2D eigenvalue weighted by atomic mass is 32.1. The number of hydrogen-bond donors (Lipinski definition) is 0. The van der Waals surface area contributed by atoms with Crippen molar-refractivity contribution in [2.45, 2.75) is 24.7 Å². The highest BCUT2D eigenvalue weighted by Crippen LogP contribution is 2.43. The summed E-state index contributed by atoms with van der Waals surface area (Å²) in [5, 5.41) is 1.85. The first kappa shape index (κ1) is 16.6. The summed E-state index contributed by atoms with van der Waals surface area (Å²) in [6, 6.07) is 32.5. The Morgan fingerprint density at radius 1 is 0.625 bits per heavy atom. The van der Waals surface area contributed by atoms with Crippen LogP contribution in [0.4, 0.5) is 0 Å². The topological polar surface area (TPSA) is 0 Å². The van der Waals surface area contributed by atoms with E-state index in [0.717, 1.165) is 19.3 Å². The fourth-order valence-corrected chi connectivity index (χ4v) is 3.72. The molecule has 0 saturated carbocycles. The summed E-state index contributed by atoms with van der Waals surface area (Å²) in [6.07, 6.45) is 3.07. The van der Waals surface area contributed by atoms with E-state index in [1.165, 1.54) is 16.7 Å². The van der Waals surface area contributed by atoms with E-state index < -0.39 is 0 Å².